The molecule has 0 spiro atoms. The molecule has 0 heterocycles. The van der Waals surface area contributed by atoms with Gasteiger partial charge in [0.25, 0.3) is 0 Å². The van der Waals surface area contributed by atoms with Gasteiger partial charge in [0, 0.05) is 5.56 Å². The Morgan fingerprint density at radius 3 is 2.40 bits per heavy atom. The molecule has 0 aliphatic rings. The molecule has 1 rings (SSSR count). The molecule has 0 aliphatic heterocycles. The number of nitrogens with one attached hydrogen (secondary N) is 1. The van der Waals surface area contributed by atoms with E-state index in [1.807, 2.05) is 12.1 Å². The van der Waals surface area contributed by atoms with E-state index in [2.05, 4.69) is 5.32 Å². The number of carbonyl (C=O) groups is 2. The lowest BCUT2D eigenvalue weighted by Crippen LogP contribution is -2.49. The molecular formula is C15H21NO4. The zero-order valence-electron chi connectivity index (χ0n) is 12.3. The van der Waals surface area contributed by atoms with E-state index in [0.717, 1.165) is 5.56 Å². The van der Waals surface area contributed by atoms with Gasteiger partial charge in [-0.2, -0.15) is 0 Å². The Kier molecular flexibility index (Phi) is 5.13. The van der Waals surface area contributed by atoms with Gasteiger partial charge in [0.05, 0.1) is 13.5 Å². The second-order valence-corrected chi connectivity index (χ2v) is 5.69. The molecule has 1 atom stereocenters. The molecule has 2 N–H and O–H groups in total. The fourth-order valence-corrected chi connectivity index (χ4v) is 1.88. The van der Waals surface area contributed by atoms with Crippen molar-refractivity contribution >= 4 is 11.9 Å². The number of carboxylic acid groups (broad SMARTS) is 1. The highest BCUT2D eigenvalue weighted by Crippen LogP contribution is 2.21. The van der Waals surface area contributed by atoms with Crippen LogP contribution in [0.1, 0.15) is 26.3 Å². The standard InChI is InChI=1S/C15H21NO4/c1-15(2,3)13(14(18)19)16-12(17)9-10-7-5-6-8-11(10)20-4/h5-8,13H,9H2,1-4H3,(H,16,17)(H,18,19). The van der Waals surface area contributed by atoms with E-state index in [1.165, 1.54) is 7.11 Å². The first-order valence-corrected chi connectivity index (χ1v) is 6.39. The summed E-state index contributed by atoms with van der Waals surface area (Å²) in [6, 6.07) is 6.25. The second-order valence-electron chi connectivity index (χ2n) is 5.69. The van der Waals surface area contributed by atoms with Crippen molar-refractivity contribution in [2.45, 2.75) is 33.2 Å². The topological polar surface area (TPSA) is 75.6 Å². The van der Waals surface area contributed by atoms with Crippen molar-refractivity contribution in [1.82, 2.24) is 5.32 Å². The molecule has 0 aliphatic carbocycles. The number of benzene rings is 1. The third kappa shape index (κ3) is 4.26. The highest BCUT2D eigenvalue weighted by atomic mass is 16.5. The summed E-state index contributed by atoms with van der Waals surface area (Å²) in [7, 11) is 1.53. The Labute approximate surface area is 118 Å². The molecule has 5 heteroatoms. The molecule has 1 aromatic carbocycles. The van der Waals surface area contributed by atoms with Crippen LogP contribution in [0.4, 0.5) is 0 Å². The number of rotatable bonds is 5. The fraction of sp³-hybridized carbons (Fsp3) is 0.467. The van der Waals surface area contributed by atoms with Crippen LogP contribution in [-0.4, -0.2) is 30.1 Å². The minimum atomic E-state index is -1.04. The number of methoxy groups -OCH3 is 1. The van der Waals surface area contributed by atoms with Gasteiger partial charge in [0.1, 0.15) is 11.8 Å². The van der Waals surface area contributed by atoms with Crippen LogP contribution in [0.3, 0.4) is 0 Å². The van der Waals surface area contributed by atoms with Gasteiger partial charge in [-0.15, -0.1) is 0 Å². The van der Waals surface area contributed by atoms with Gasteiger partial charge in [-0.25, -0.2) is 4.79 Å². The SMILES string of the molecule is COc1ccccc1CC(=O)NC(C(=O)O)C(C)(C)C. The van der Waals surface area contributed by atoms with E-state index in [0.29, 0.717) is 5.75 Å². The summed E-state index contributed by atoms with van der Waals surface area (Å²) in [5, 5.41) is 11.7. The molecule has 5 nitrogen and oxygen atoms in total. The van der Waals surface area contributed by atoms with Crippen LogP contribution in [0.2, 0.25) is 0 Å². The summed E-state index contributed by atoms with van der Waals surface area (Å²) in [6.07, 6.45) is 0.0872. The monoisotopic (exact) mass is 279 g/mol. The number of para-hydroxylation sites is 1. The van der Waals surface area contributed by atoms with Crippen LogP contribution in [0, 0.1) is 5.41 Å². The largest absolute Gasteiger partial charge is 0.496 e. The quantitative estimate of drug-likeness (QED) is 0.862. The van der Waals surface area contributed by atoms with Gasteiger partial charge in [0.2, 0.25) is 5.91 Å². The van der Waals surface area contributed by atoms with Crippen molar-refractivity contribution < 1.29 is 19.4 Å². The Morgan fingerprint density at radius 2 is 1.90 bits per heavy atom. The normalized spacial score (nSPS) is 12.6. The van der Waals surface area contributed by atoms with E-state index in [4.69, 9.17) is 4.74 Å². The van der Waals surface area contributed by atoms with Gasteiger partial charge in [0.15, 0.2) is 0 Å². The lowest BCUT2D eigenvalue weighted by Gasteiger charge is -2.27. The molecule has 20 heavy (non-hydrogen) atoms. The predicted molar refractivity (Wildman–Crippen MR) is 75.7 cm³/mol. The van der Waals surface area contributed by atoms with Gasteiger partial charge >= 0.3 is 5.97 Å². The first-order chi connectivity index (χ1) is 9.25. The van der Waals surface area contributed by atoms with Crippen molar-refractivity contribution in [3.05, 3.63) is 29.8 Å². The maximum absolute atomic E-state index is 12.0. The highest BCUT2D eigenvalue weighted by Gasteiger charge is 2.32. The number of hydrogen-bond donors (Lipinski definition) is 2. The van der Waals surface area contributed by atoms with E-state index in [9.17, 15) is 14.7 Å². The third-order valence-corrected chi connectivity index (χ3v) is 2.96. The van der Waals surface area contributed by atoms with Crippen molar-refractivity contribution in [2.24, 2.45) is 5.41 Å². The Hall–Kier alpha value is -2.04. The molecule has 0 saturated carbocycles. The summed E-state index contributed by atoms with van der Waals surface area (Å²) >= 11 is 0. The number of carbonyl (C=O) groups excluding carboxylic acids is 1. The molecule has 1 amide bonds. The minimum absolute atomic E-state index is 0.0872. The number of carboxylic acids is 1. The third-order valence-electron chi connectivity index (χ3n) is 2.96. The van der Waals surface area contributed by atoms with E-state index in [1.54, 1.807) is 32.9 Å². The molecule has 0 bridgehead atoms. The summed E-state index contributed by atoms with van der Waals surface area (Å²) in [5.41, 5.74) is 0.174. The van der Waals surface area contributed by atoms with Crippen LogP contribution in [-0.2, 0) is 16.0 Å². The van der Waals surface area contributed by atoms with Crippen molar-refractivity contribution in [1.29, 1.82) is 0 Å². The summed E-state index contributed by atoms with van der Waals surface area (Å²) < 4.78 is 5.17. The van der Waals surface area contributed by atoms with E-state index >= 15 is 0 Å². The van der Waals surface area contributed by atoms with Crippen LogP contribution in [0.15, 0.2) is 24.3 Å². The lowest BCUT2D eigenvalue weighted by atomic mass is 9.86. The predicted octanol–water partition coefficient (Wildman–Crippen LogP) is 1.85. The van der Waals surface area contributed by atoms with Gasteiger partial charge in [-0.1, -0.05) is 39.0 Å². The van der Waals surface area contributed by atoms with Crippen molar-refractivity contribution in [3.8, 4) is 5.75 Å². The van der Waals surface area contributed by atoms with Crippen LogP contribution in [0.25, 0.3) is 0 Å². The lowest BCUT2D eigenvalue weighted by molar-refractivity contribution is -0.144. The average molecular weight is 279 g/mol. The van der Waals surface area contributed by atoms with Gasteiger partial charge < -0.3 is 15.2 Å². The Balaban J connectivity index is 2.79. The van der Waals surface area contributed by atoms with Crippen molar-refractivity contribution in [3.63, 3.8) is 0 Å². The van der Waals surface area contributed by atoms with E-state index < -0.39 is 17.4 Å². The number of amides is 1. The smallest absolute Gasteiger partial charge is 0.326 e. The minimum Gasteiger partial charge on any atom is -0.496 e. The first-order valence-electron chi connectivity index (χ1n) is 6.39. The summed E-state index contributed by atoms with van der Waals surface area (Å²) in [5.74, 6) is -0.756. The van der Waals surface area contributed by atoms with Crippen LogP contribution in [0.5, 0.6) is 5.75 Å². The van der Waals surface area contributed by atoms with Crippen LogP contribution >= 0.6 is 0 Å². The molecule has 1 aromatic rings. The number of aliphatic carboxylic acids is 1. The van der Waals surface area contributed by atoms with E-state index in [-0.39, 0.29) is 12.3 Å². The fourth-order valence-electron chi connectivity index (χ4n) is 1.88. The molecule has 0 fully saturated rings. The zero-order chi connectivity index (χ0) is 15.3. The average Bonchev–Trinajstić information content (AvgIpc) is 2.35. The Bertz CT molecular complexity index is 491. The molecule has 1 unspecified atom stereocenters. The maximum Gasteiger partial charge on any atom is 0.326 e. The zero-order valence-corrected chi connectivity index (χ0v) is 12.3. The van der Waals surface area contributed by atoms with Crippen molar-refractivity contribution in [2.75, 3.05) is 7.11 Å². The van der Waals surface area contributed by atoms with Gasteiger partial charge in [-0.3, -0.25) is 4.79 Å². The molecule has 110 valence electrons. The van der Waals surface area contributed by atoms with Gasteiger partial charge in [-0.05, 0) is 11.5 Å². The number of hydrogen-bond acceptors (Lipinski definition) is 3. The molecular weight excluding hydrogens is 258 g/mol. The highest BCUT2D eigenvalue weighted by molar-refractivity contribution is 5.85. The van der Waals surface area contributed by atoms with Crippen LogP contribution < -0.4 is 10.1 Å². The Morgan fingerprint density at radius 1 is 1.30 bits per heavy atom. The number of ether oxygens (including phenoxy) is 1. The molecule has 0 radical (unpaired) electrons. The maximum atomic E-state index is 12.0. The molecule has 0 saturated heterocycles. The summed E-state index contributed by atoms with van der Waals surface area (Å²) in [4.78, 5) is 23.2. The molecule has 0 aromatic heterocycles. The second kappa shape index (κ2) is 6.41. The summed E-state index contributed by atoms with van der Waals surface area (Å²) in [6.45, 7) is 5.32. The first kappa shape index (κ1) is 16.0.